The van der Waals surface area contributed by atoms with E-state index in [2.05, 4.69) is 79.8 Å². The summed E-state index contributed by atoms with van der Waals surface area (Å²) in [4.78, 5) is 13.1. The van der Waals surface area contributed by atoms with Crippen molar-refractivity contribution < 1.29 is 9.53 Å². The molecular formula is C29H32N2O2. The second-order valence-corrected chi connectivity index (χ2v) is 8.97. The number of unbranched alkanes of at least 4 members (excludes halogenated alkanes) is 1. The standard InChI is InChI=1S/C29H32N2O2/c1-4-5-16-33-26-14-12-23(13-15-26)20-30-31-28(32)27-19-29(27,24-10-6-8-21(2)17-24)25-11-7-9-22(3)18-25/h6-15,17-18,20,27H,4-5,16,19H2,1-3H3,(H,31,32)/b30-20-/t27-/m1/s1. The lowest BCUT2D eigenvalue weighted by atomic mass is 9.84. The summed E-state index contributed by atoms with van der Waals surface area (Å²) < 4.78 is 5.69. The van der Waals surface area contributed by atoms with Crippen LogP contribution < -0.4 is 10.2 Å². The van der Waals surface area contributed by atoms with Gasteiger partial charge in [-0.15, -0.1) is 0 Å². The molecule has 4 heteroatoms. The van der Waals surface area contributed by atoms with E-state index in [0.29, 0.717) is 0 Å². The zero-order valence-electron chi connectivity index (χ0n) is 19.7. The minimum absolute atomic E-state index is 0.0474. The Balaban J connectivity index is 1.45. The molecule has 1 saturated carbocycles. The Morgan fingerprint density at radius 3 is 2.24 bits per heavy atom. The van der Waals surface area contributed by atoms with E-state index >= 15 is 0 Å². The van der Waals surface area contributed by atoms with Crippen molar-refractivity contribution in [2.45, 2.75) is 45.4 Å². The average molecular weight is 441 g/mol. The summed E-state index contributed by atoms with van der Waals surface area (Å²) in [6.45, 7) is 7.06. The van der Waals surface area contributed by atoms with Gasteiger partial charge in [-0.3, -0.25) is 4.79 Å². The van der Waals surface area contributed by atoms with Gasteiger partial charge in [0.15, 0.2) is 0 Å². The maximum Gasteiger partial charge on any atom is 0.244 e. The fourth-order valence-corrected chi connectivity index (χ4v) is 4.46. The molecule has 0 unspecified atom stereocenters. The molecule has 1 fully saturated rings. The normalized spacial score (nSPS) is 16.5. The van der Waals surface area contributed by atoms with E-state index in [0.717, 1.165) is 37.2 Å². The van der Waals surface area contributed by atoms with E-state index in [1.54, 1.807) is 6.21 Å². The Bertz CT molecular complexity index is 1090. The third kappa shape index (κ3) is 5.16. The molecule has 1 aliphatic rings. The lowest BCUT2D eigenvalue weighted by Gasteiger charge is -2.19. The summed E-state index contributed by atoms with van der Waals surface area (Å²) in [6, 6.07) is 24.7. The van der Waals surface area contributed by atoms with E-state index < -0.39 is 0 Å². The van der Waals surface area contributed by atoms with Gasteiger partial charge >= 0.3 is 0 Å². The number of ether oxygens (including phenoxy) is 1. The minimum atomic E-state index is -0.297. The molecule has 1 amide bonds. The topological polar surface area (TPSA) is 50.7 Å². The summed E-state index contributed by atoms with van der Waals surface area (Å²) in [5.41, 5.74) is 8.17. The van der Waals surface area contributed by atoms with Gasteiger partial charge in [-0.05, 0) is 67.6 Å². The number of rotatable bonds is 9. The molecule has 0 radical (unpaired) electrons. The number of carbonyl (C=O) groups excluding carboxylic acids is 1. The Morgan fingerprint density at radius 2 is 1.67 bits per heavy atom. The van der Waals surface area contributed by atoms with Gasteiger partial charge in [0.25, 0.3) is 0 Å². The Hall–Kier alpha value is -3.40. The van der Waals surface area contributed by atoms with Gasteiger partial charge in [0.1, 0.15) is 5.75 Å². The number of aryl methyl sites for hydroxylation is 2. The lowest BCUT2D eigenvalue weighted by molar-refractivity contribution is -0.122. The van der Waals surface area contributed by atoms with Crippen molar-refractivity contribution in [3.8, 4) is 5.75 Å². The van der Waals surface area contributed by atoms with Crippen molar-refractivity contribution in [2.75, 3.05) is 6.61 Å². The van der Waals surface area contributed by atoms with Crippen LogP contribution in [-0.2, 0) is 10.2 Å². The summed E-state index contributed by atoms with van der Waals surface area (Å²) in [6.07, 6.45) is 4.62. The van der Waals surface area contributed by atoms with Crippen LogP contribution in [0.4, 0.5) is 0 Å². The smallest absolute Gasteiger partial charge is 0.244 e. The number of benzene rings is 3. The first-order valence-corrected chi connectivity index (χ1v) is 11.7. The summed E-state index contributed by atoms with van der Waals surface area (Å²) in [5, 5.41) is 4.23. The quantitative estimate of drug-likeness (QED) is 0.254. The molecule has 0 heterocycles. The van der Waals surface area contributed by atoms with Crippen LogP contribution in [0.3, 0.4) is 0 Å². The largest absolute Gasteiger partial charge is 0.494 e. The van der Waals surface area contributed by atoms with Crippen LogP contribution in [0.15, 0.2) is 77.9 Å². The number of hydrogen-bond acceptors (Lipinski definition) is 3. The van der Waals surface area contributed by atoms with Gasteiger partial charge in [-0.25, -0.2) is 5.43 Å². The first-order chi connectivity index (χ1) is 16.0. The molecule has 0 aliphatic heterocycles. The summed E-state index contributed by atoms with van der Waals surface area (Å²) >= 11 is 0. The molecular weight excluding hydrogens is 408 g/mol. The van der Waals surface area contributed by atoms with E-state index in [1.165, 1.54) is 22.3 Å². The first-order valence-electron chi connectivity index (χ1n) is 11.7. The first kappa shape index (κ1) is 22.8. The highest BCUT2D eigenvalue weighted by Gasteiger charge is 2.60. The Kier molecular flexibility index (Phi) is 6.93. The van der Waals surface area contributed by atoms with Crippen molar-refractivity contribution in [1.29, 1.82) is 0 Å². The maximum atomic E-state index is 13.1. The maximum absolute atomic E-state index is 13.1. The van der Waals surface area contributed by atoms with E-state index in [9.17, 15) is 4.79 Å². The van der Waals surface area contributed by atoms with Crippen LogP contribution in [0.5, 0.6) is 5.75 Å². The number of nitrogens with zero attached hydrogens (tertiary/aromatic N) is 1. The van der Waals surface area contributed by atoms with Crippen molar-refractivity contribution >= 4 is 12.1 Å². The van der Waals surface area contributed by atoms with Crippen molar-refractivity contribution in [3.63, 3.8) is 0 Å². The van der Waals surface area contributed by atoms with E-state index in [-0.39, 0.29) is 17.2 Å². The van der Waals surface area contributed by atoms with E-state index in [4.69, 9.17) is 4.74 Å². The molecule has 4 nitrogen and oxygen atoms in total. The molecule has 1 atom stereocenters. The molecule has 0 saturated heterocycles. The number of hydrazone groups is 1. The highest BCUT2D eigenvalue weighted by atomic mass is 16.5. The van der Waals surface area contributed by atoms with Crippen LogP contribution in [0.25, 0.3) is 0 Å². The average Bonchev–Trinajstić information content (AvgIpc) is 3.58. The second kappa shape index (κ2) is 10.0. The van der Waals surface area contributed by atoms with Gasteiger partial charge in [0, 0.05) is 5.41 Å². The van der Waals surface area contributed by atoms with Crippen LogP contribution in [0.2, 0.25) is 0 Å². The highest BCUT2D eigenvalue weighted by molar-refractivity contribution is 5.87. The highest BCUT2D eigenvalue weighted by Crippen LogP contribution is 2.59. The number of carbonyl (C=O) groups is 1. The molecule has 3 aromatic rings. The van der Waals surface area contributed by atoms with Crippen molar-refractivity contribution in [3.05, 3.63) is 101 Å². The zero-order chi connectivity index (χ0) is 23.3. The monoisotopic (exact) mass is 440 g/mol. The zero-order valence-corrected chi connectivity index (χ0v) is 19.7. The molecule has 33 heavy (non-hydrogen) atoms. The molecule has 3 aromatic carbocycles. The van der Waals surface area contributed by atoms with E-state index in [1.807, 2.05) is 24.3 Å². The van der Waals surface area contributed by atoms with Crippen LogP contribution in [0.1, 0.15) is 54.0 Å². The van der Waals surface area contributed by atoms with Crippen LogP contribution >= 0.6 is 0 Å². The SMILES string of the molecule is CCCCOc1ccc(/C=N\NC(=O)[C@H]2CC2(c2cccc(C)c2)c2cccc(C)c2)cc1. The van der Waals surface area contributed by atoms with Gasteiger partial charge in [-0.1, -0.05) is 73.0 Å². The molecule has 4 rings (SSSR count). The fourth-order valence-electron chi connectivity index (χ4n) is 4.46. The molecule has 0 spiro atoms. The third-order valence-corrected chi connectivity index (χ3v) is 6.38. The fraction of sp³-hybridized carbons (Fsp3) is 0.310. The third-order valence-electron chi connectivity index (χ3n) is 6.38. The summed E-state index contributed by atoms with van der Waals surface area (Å²) in [5.74, 6) is 0.657. The molecule has 0 aromatic heterocycles. The number of nitrogens with one attached hydrogen (secondary N) is 1. The number of hydrogen-bond donors (Lipinski definition) is 1. The predicted octanol–water partition coefficient (Wildman–Crippen LogP) is 5.94. The molecule has 0 bridgehead atoms. The van der Waals surface area contributed by atoms with Gasteiger partial charge in [0.2, 0.25) is 5.91 Å². The minimum Gasteiger partial charge on any atom is -0.494 e. The second-order valence-electron chi connectivity index (χ2n) is 8.97. The lowest BCUT2D eigenvalue weighted by Crippen LogP contribution is -2.25. The molecule has 1 aliphatic carbocycles. The van der Waals surface area contributed by atoms with Crippen LogP contribution in [0, 0.1) is 19.8 Å². The summed E-state index contributed by atoms with van der Waals surface area (Å²) in [7, 11) is 0. The Morgan fingerprint density at radius 1 is 1.03 bits per heavy atom. The van der Waals surface area contributed by atoms with Crippen molar-refractivity contribution in [1.82, 2.24) is 5.43 Å². The van der Waals surface area contributed by atoms with Gasteiger partial charge in [0.05, 0.1) is 18.7 Å². The Labute approximate surface area is 196 Å². The van der Waals surface area contributed by atoms with Crippen LogP contribution in [-0.4, -0.2) is 18.7 Å². The molecule has 1 N–H and O–H groups in total. The van der Waals surface area contributed by atoms with Gasteiger partial charge < -0.3 is 4.74 Å². The van der Waals surface area contributed by atoms with Gasteiger partial charge in [-0.2, -0.15) is 5.10 Å². The molecule has 170 valence electrons. The van der Waals surface area contributed by atoms with Crippen molar-refractivity contribution in [2.24, 2.45) is 11.0 Å². The predicted molar refractivity (Wildman–Crippen MR) is 134 cm³/mol. The number of amides is 1.